The first-order valence-electron chi connectivity index (χ1n) is 0. The van der Waals surface area contributed by atoms with Gasteiger partial charge in [-0.1, -0.05) is 0 Å². The SMILES string of the molecule is [Cu].[Cu].[Cu].[Cu].[Cu].[Mn]. The molecule has 0 amide bonds. The predicted octanol–water partition coefficient (Wildman–Crippen LogP) is -0.0150. The molecule has 0 saturated heterocycles. The molecule has 62 valence electrons. The van der Waals surface area contributed by atoms with Gasteiger partial charge >= 0.3 is 0 Å². The Kier molecular flexibility index (Phi) is 436. The fourth-order valence-corrected chi connectivity index (χ4v) is 0. The largest absolute Gasteiger partial charge is 0 e. The fourth-order valence-electron chi connectivity index (χ4n) is 0. The summed E-state index contributed by atoms with van der Waals surface area (Å²) in [4.78, 5) is 0. The van der Waals surface area contributed by atoms with Gasteiger partial charge < -0.3 is 0 Å². The van der Waals surface area contributed by atoms with E-state index in [1.807, 2.05) is 0 Å². The summed E-state index contributed by atoms with van der Waals surface area (Å²) in [7, 11) is 0. The van der Waals surface area contributed by atoms with Crippen LogP contribution in [-0.4, -0.2) is 0 Å². The van der Waals surface area contributed by atoms with E-state index in [2.05, 4.69) is 0 Å². The van der Waals surface area contributed by atoms with Crippen LogP contribution in [-0.2, 0) is 102 Å². The second kappa shape index (κ2) is 42.3. The first-order valence-corrected chi connectivity index (χ1v) is 0. The number of hydrogen-bond donors (Lipinski definition) is 0. The van der Waals surface area contributed by atoms with E-state index in [4.69, 9.17) is 0 Å². The molecule has 0 atom stereocenters. The van der Waals surface area contributed by atoms with E-state index in [-0.39, 0.29) is 102 Å². The van der Waals surface area contributed by atoms with Crippen molar-refractivity contribution in [3.05, 3.63) is 0 Å². The maximum Gasteiger partial charge on any atom is 0 e. The smallest absolute Gasteiger partial charge is 0 e. The third-order valence-electron chi connectivity index (χ3n) is 0. The van der Waals surface area contributed by atoms with Gasteiger partial charge in [0.1, 0.15) is 0 Å². The summed E-state index contributed by atoms with van der Waals surface area (Å²) >= 11 is 0. The van der Waals surface area contributed by atoms with Crippen LogP contribution in [0.15, 0.2) is 0 Å². The van der Waals surface area contributed by atoms with Gasteiger partial charge in [0.25, 0.3) is 0 Å². The maximum atomic E-state index is 0. The van der Waals surface area contributed by atoms with E-state index in [1.54, 1.807) is 0 Å². The second-order valence-electron chi connectivity index (χ2n) is 0. The minimum Gasteiger partial charge on any atom is 0 e. The molecule has 0 unspecified atom stereocenters. The van der Waals surface area contributed by atoms with Crippen molar-refractivity contribution in [1.82, 2.24) is 0 Å². The van der Waals surface area contributed by atoms with Gasteiger partial charge in [-0.3, -0.25) is 0 Å². The van der Waals surface area contributed by atoms with Gasteiger partial charge in [-0.2, -0.15) is 0 Å². The quantitative estimate of drug-likeness (QED) is 0.525. The summed E-state index contributed by atoms with van der Waals surface area (Å²) in [6.07, 6.45) is 0. The van der Waals surface area contributed by atoms with Crippen LogP contribution in [0, 0.1) is 0 Å². The van der Waals surface area contributed by atoms with Crippen molar-refractivity contribution >= 4 is 0 Å². The molecule has 0 heterocycles. The van der Waals surface area contributed by atoms with E-state index < -0.39 is 0 Å². The molecule has 0 bridgehead atoms. The molecule has 0 saturated carbocycles. The second-order valence-corrected chi connectivity index (χ2v) is 0. The topological polar surface area (TPSA) is 0 Å². The van der Waals surface area contributed by atoms with Crippen molar-refractivity contribution in [2.45, 2.75) is 0 Å². The molecular weight excluding hydrogens is 373 g/mol. The molecule has 0 aromatic rings. The Morgan fingerprint density at radius 3 is 0.333 bits per heavy atom. The third-order valence-corrected chi connectivity index (χ3v) is 0. The summed E-state index contributed by atoms with van der Waals surface area (Å²) in [6.45, 7) is 0. The average Bonchev–Trinajstić information content (AvgIpc) is 0. The Hall–Kier alpha value is 3.12. The molecule has 6 radical (unpaired) electrons. The van der Waals surface area contributed by atoms with Gasteiger partial charge in [0, 0.05) is 102 Å². The molecule has 0 spiro atoms. The molecule has 0 aromatic carbocycles. The van der Waals surface area contributed by atoms with Crippen LogP contribution in [0.5, 0.6) is 0 Å². The molecule has 6 heavy (non-hydrogen) atoms. The van der Waals surface area contributed by atoms with E-state index in [1.165, 1.54) is 0 Å². The summed E-state index contributed by atoms with van der Waals surface area (Å²) in [5.41, 5.74) is 0. The first kappa shape index (κ1) is 61.8. The van der Waals surface area contributed by atoms with Crippen LogP contribution in [0.4, 0.5) is 0 Å². The number of hydrogen-bond acceptors (Lipinski definition) is 0. The summed E-state index contributed by atoms with van der Waals surface area (Å²) in [5.74, 6) is 0. The zero-order valence-electron chi connectivity index (χ0n) is 1.89. The van der Waals surface area contributed by atoms with Gasteiger partial charge in [0.2, 0.25) is 0 Å². The molecule has 0 aromatic heterocycles. The zero-order chi connectivity index (χ0) is 0. The van der Waals surface area contributed by atoms with Gasteiger partial charge in [-0.25, -0.2) is 0 Å². The average molecular weight is 373 g/mol. The van der Waals surface area contributed by atoms with E-state index >= 15 is 0 Å². The molecule has 0 rings (SSSR count). The molecule has 6 heteroatoms. The van der Waals surface area contributed by atoms with Crippen LogP contribution in [0.25, 0.3) is 0 Å². The van der Waals surface area contributed by atoms with Crippen LogP contribution in [0.2, 0.25) is 0 Å². The summed E-state index contributed by atoms with van der Waals surface area (Å²) < 4.78 is 0. The van der Waals surface area contributed by atoms with E-state index in [0.29, 0.717) is 0 Å². The summed E-state index contributed by atoms with van der Waals surface area (Å²) in [6, 6.07) is 0. The van der Waals surface area contributed by atoms with Gasteiger partial charge in [0.05, 0.1) is 0 Å². The maximum absolute atomic E-state index is 0. The van der Waals surface area contributed by atoms with Crippen molar-refractivity contribution in [2.24, 2.45) is 0 Å². The Bertz CT molecular complexity index is 3.90. The molecule has 0 aliphatic heterocycles. The monoisotopic (exact) mass is 370 g/mol. The van der Waals surface area contributed by atoms with Crippen molar-refractivity contribution in [3.63, 3.8) is 0 Å². The van der Waals surface area contributed by atoms with Crippen molar-refractivity contribution in [1.29, 1.82) is 0 Å². The van der Waals surface area contributed by atoms with Gasteiger partial charge in [-0.15, -0.1) is 0 Å². The number of rotatable bonds is 0. The van der Waals surface area contributed by atoms with Crippen molar-refractivity contribution in [3.8, 4) is 0 Å². The van der Waals surface area contributed by atoms with Gasteiger partial charge in [-0.05, 0) is 0 Å². The van der Waals surface area contributed by atoms with Crippen LogP contribution in [0.3, 0.4) is 0 Å². The van der Waals surface area contributed by atoms with E-state index in [9.17, 15) is 0 Å². The minimum atomic E-state index is 0. The Labute approximate surface area is 101 Å². The normalized spacial score (nSPS) is 0. The standard InChI is InChI=1S/5Cu.Mn. The fraction of sp³-hybridized carbons (Fsp3) is 0. The predicted molar refractivity (Wildman–Crippen MR) is 0 cm³/mol. The van der Waals surface area contributed by atoms with Crippen molar-refractivity contribution in [2.75, 3.05) is 0 Å². The molecule has 0 aliphatic carbocycles. The molecule has 0 aliphatic rings. The molecule has 0 N–H and O–H groups in total. The Morgan fingerprint density at radius 1 is 0.333 bits per heavy atom. The van der Waals surface area contributed by atoms with Crippen LogP contribution < -0.4 is 0 Å². The van der Waals surface area contributed by atoms with Crippen LogP contribution >= 0.6 is 0 Å². The molecule has 0 fully saturated rings. The van der Waals surface area contributed by atoms with Crippen molar-refractivity contribution < 1.29 is 102 Å². The third kappa shape index (κ3) is 27.4. The Balaban J connectivity index is 0. The molecular formula is Cu5Mn. The van der Waals surface area contributed by atoms with Gasteiger partial charge in [0.15, 0.2) is 0 Å². The first-order chi connectivity index (χ1) is 0. The van der Waals surface area contributed by atoms with Crippen LogP contribution in [0.1, 0.15) is 0 Å². The minimum absolute atomic E-state index is 0. The van der Waals surface area contributed by atoms with E-state index in [0.717, 1.165) is 0 Å². The Morgan fingerprint density at radius 2 is 0.333 bits per heavy atom. The molecule has 0 nitrogen and oxygen atoms in total. The zero-order valence-corrected chi connectivity index (χ0v) is 7.77. The summed E-state index contributed by atoms with van der Waals surface area (Å²) in [5, 5.41) is 0.